The molecule has 5 aromatic rings. The molecule has 1 fully saturated rings. The lowest BCUT2D eigenvalue weighted by Gasteiger charge is -2.34. The summed E-state index contributed by atoms with van der Waals surface area (Å²) >= 11 is 0. The number of amides is 1. The van der Waals surface area contributed by atoms with Crippen LogP contribution in [-0.4, -0.2) is 63.6 Å². The van der Waals surface area contributed by atoms with Gasteiger partial charge in [-0.2, -0.15) is 5.10 Å². The summed E-state index contributed by atoms with van der Waals surface area (Å²) in [4.78, 5) is 22.8. The molecule has 3 heterocycles. The Balaban J connectivity index is 1.33. The molecule has 38 heavy (non-hydrogen) atoms. The molecule has 0 bridgehead atoms. The van der Waals surface area contributed by atoms with E-state index in [0.717, 1.165) is 42.1 Å². The number of carbonyl (C=O) groups is 1. The zero-order valence-corrected chi connectivity index (χ0v) is 21.3. The van der Waals surface area contributed by atoms with Crippen molar-refractivity contribution >= 4 is 11.6 Å². The van der Waals surface area contributed by atoms with Gasteiger partial charge in [0.15, 0.2) is 5.65 Å². The molecule has 7 heteroatoms. The zero-order valence-electron chi connectivity index (χ0n) is 21.3. The molecule has 3 aromatic carbocycles. The average Bonchev–Trinajstić information content (AvgIpc) is 3.42. The van der Waals surface area contributed by atoms with Crippen LogP contribution in [0.3, 0.4) is 0 Å². The Morgan fingerprint density at radius 2 is 1.53 bits per heavy atom. The number of fused-ring (bicyclic) bond motifs is 1. The number of aromatic nitrogens is 3. The highest BCUT2D eigenvalue weighted by atomic mass is 16.5. The van der Waals surface area contributed by atoms with Gasteiger partial charge in [-0.05, 0) is 23.8 Å². The van der Waals surface area contributed by atoms with E-state index in [9.17, 15) is 4.79 Å². The van der Waals surface area contributed by atoms with E-state index in [1.54, 1.807) is 11.6 Å². The number of carbonyl (C=O) groups excluding carboxylic acids is 1. The lowest BCUT2D eigenvalue weighted by atomic mass is 10.1. The predicted octanol–water partition coefficient (Wildman–Crippen LogP) is 5.03. The van der Waals surface area contributed by atoms with Gasteiger partial charge in [0.2, 0.25) is 0 Å². The summed E-state index contributed by atoms with van der Waals surface area (Å²) in [6, 6.07) is 32.0. The molecule has 0 atom stereocenters. The maximum atomic E-state index is 13.7. The van der Waals surface area contributed by atoms with Crippen LogP contribution in [0.15, 0.2) is 97.1 Å². The summed E-state index contributed by atoms with van der Waals surface area (Å²) in [6.07, 6.45) is 0. The van der Waals surface area contributed by atoms with Crippen LogP contribution >= 0.6 is 0 Å². The smallest absolute Gasteiger partial charge is 0.272 e. The summed E-state index contributed by atoms with van der Waals surface area (Å²) in [5.74, 6) is 0.648. The van der Waals surface area contributed by atoms with E-state index < -0.39 is 0 Å². The minimum absolute atomic E-state index is 0.0644. The molecule has 2 aromatic heterocycles. The monoisotopic (exact) mass is 503 g/mol. The third-order valence-electron chi connectivity index (χ3n) is 7.01. The number of benzene rings is 3. The molecule has 7 nitrogen and oxygen atoms in total. The first kappa shape index (κ1) is 23.9. The summed E-state index contributed by atoms with van der Waals surface area (Å²) in [5.41, 5.74) is 5.73. The number of hydrogen-bond acceptors (Lipinski definition) is 5. The molecular formula is C31H29N5O2. The van der Waals surface area contributed by atoms with Gasteiger partial charge in [0.05, 0.1) is 18.5 Å². The van der Waals surface area contributed by atoms with Crippen molar-refractivity contribution in [3.05, 3.63) is 108 Å². The van der Waals surface area contributed by atoms with Gasteiger partial charge in [0.25, 0.3) is 5.91 Å². The molecule has 190 valence electrons. The second-order valence-corrected chi connectivity index (χ2v) is 9.45. The summed E-state index contributed by atoms with van der Waals surface area (Å²) in [7, 11) is 1.65. The second kappa shape index (κ2) is 10.5. The van der Waals surface area contributed by atoms with E-state index in [4.69, 9.17) is 14.8 Å². The van der Waals surface area contributed by atoms with Gasteiger partial charge < -0.3 is 9.64 Å². The van der Waals surface area contributed by atoms with Crippen LogP contribution in [0.2, 0.25) is 0 Å². The van der Waals surface area contributed by atoms with E-state index >= 15 is 0 Å². The quantitative estimate of drug-likeness (QED) is 0.325. The number of ether oxygens (including phenoxy) is 1. The predicted molar refractivity (Wildman–Crippen MR) is 148 cm³/mol. The van der Waals surface area contributed by atoms with E-state index in [1.807, 2.05) is 77.7 Å². The van der Waals surface area contributed by atoms with Crippen LogP contribution < -0.4 is 4.74 Å². The highest BCUT2D eigenvalue weighted by molar-refractivity contribution is 5.94. The van der Waals surface area contributed by atoms with Gasteiger partial charge >= 0.3 is 0 Å². The molecule has 1 aliphatic heterocycles. The highest BCUT2D eigenvalue weighted by Crippen LogP contribution is 2.32. The fourth-order valence-corrected chi connectivity index (χ4v) is 4.99. The Bertz CT molecular complexity index is 1560. The van der Waals surface area contributed by atoms with Crippen LogP contribution in [0.4, 0.5) is 0 Å². The molecule has 1 saturated heterocycles. The van der Waals surface area contributed by atoms with Crippen molar-refractivity contribution in [1.82, 2.24) is 24.4 Å². The molecular weight excluding hydrogens is 474 g/mol. The highest BCUT2D eigenvalue weighted by Gasteiger charge is 2.25. The standard InChI is InChI=1S/C31H29N5O2/c1-38-29-15-9-8-14-25(29)28-20-27(32-30-21-26(33-36(28)30)24-12-6-3-7-13-24)31(37)35-18-16-34(17-19-35)22-23-10-4-2-5-11-23/h2-15,20-21H,16-19,22H2,1H3. The van der Waals surface area contributed by atoms with Crippen molar-refractivity contribution in [2.75, 3.05) is 33.3 Å². The Kier molecular flexibility index (Phi) is 6.58. The van der Waals surface area contributed by atoms with Gasteiger partial charge in [0, 0.05) is 49.9 Å². The number of rotatable bonds is 6. The minimum Gasteiger partial charge on any atom is -0.496 e. The van der Waals surface area contributed by atoms with Crippen LogP contribution in [0.5, 0.6) is 5.75 Å². The zero-order chi connectivity index (χ0) is 25.9. The average molecular weight is 504 g/mol. The SMILES string of the molecule is COc1ccccc1-c1cc(C(=O)N2CCN(Cc3ccccc3)CC2)nc2cc(-c3ccccc3)nn12. The van der Waals surface area contributed by atoms with Crippen molar-refractivity contribution in [3.63, 3.8) is 0 Å². The Hall–Kier alpha value is -4.49. The van der Waals surface area contributed by atoms with Gasteiger partial charge in [-0.1, -0.05) is 72.8 Å². The minimum atomic E-state index is -0.0644. The van der Waals surface area contributed by atoms with Crippen molar-refractivity contribution in [3.8, 4) is 28.3 Å². The first-order valence-electron chi connectivity index (χ1n) is 12.8. The largest absolute Gasteiger partial charge is 0.496 e. The molecule has 1 aliphatic rings. The van der Waals surface area contributed by atoms with E-state index in [1.165, 1.54) is 5.56 Å². The first-order valence-corrected chi connectivity index (χ1v) is 12.8. The van der Waals surface area contributed by atoms with Gasteiger partial charge in [0.1, 0.15) is 11.4 Å². The van der Waals surface area contributed by atoms with Crippen molar-refractivity contribution in [1.29, 1.82) is 0 Å². The molecule has 1 amide bonds. The molecule has 0 unspecified atom stereocenters. The lowest BCUT2D eigenvalue weighted by molar-refractivity contribution is 0.0623. The summed E-state index contributed by atoms with van der Waals surface area (Å²) in [5, 5.41) is 4.86. The van der Waals surface area contributed by atoms with Crippen LogP contribution in [-0.2, 0) is 6.54 Å². The topological polar surface area (TPSA) is 63.0 Å². The fraction of sp³-hybridized carbons (Fsp3) is 0.194. The number of hydrogen-bond donors (Lipinski definition) is 0. The van der Waals surface area contributed by atoms with Crippen LogP contribution in [0.25, 0.3) is 28.2 Å². The molecule has 0 spiro atoms. The van der Waals surface area contributed by atoms with E-state index in [2.05, 4.69) is 29.2 Å². The number of piperazine rings is 1. The van der Waals surface area contributed by atoms with E-state index in [-0.39, 0.29) is 5.91 Å². The number of para-hydroxylation sites is 1. The van der Waals surface area contributed by atoms with Gasteiger partial charge in [-0.25, -0.2) is 9.50 Å². The van der Waals surface area contributed by atoms with Crippen LogP contribution in [0.1, 0.15) is 16.1 Å². The number of nitrogens with zero attached hydrogens (tertiary/aromatic N) is 5. The lowest BCUT2D eigenvalue weighted by Crippen LogP contribution is -2.48. The molecule has 6 rings (SSSR count). The van der Waals surface area contributed by atoms with Crippen LogP contribution in [0, 0.1) is 0 Å². The van der Waals surface area contributed by atoms with Crippen molar-refractivity contribution in [2.24, 2.45) is 0 Å². The Morgan fingerprint density at radius 1 is 0.842 bits per heavy atom. The third kappa shape index (κ3) is 4.76. The first-order chi connectivity index (χ1) is 18.7. The summed E-state index contributed by atoms with van der Waals surface area (Å²) in [6.45, 7) is 3.87. The third-order valence-corrected chi connectivity index (χ3v) is 7.01. The Morgan fingerprint density at radius 3 is 2.26 bits per heavy atom. The summed E-state index contributed by atoms with van der Waals surface area (Å²) < 4.78 is 7.46. The van der Waals surface area contributed by atoms with Crippen molar-refractivity contribution in [2.45, 2.75) is 6.54 Å². The van der Waals surface area contributed by atoms with Gasteiger partial charge in [-0.15, -0.1) is 0 Å². The maximum absolute atomic E-state index is 13.7. The Labute approximate surface area is 221 Å². The van der Waals surface area contributed by atoms with E-state index in [0.29, 0.717) is 30.2 Å². The molecule has 0 N–H and O–H groups in total. The molecule has 0 aliphatic carbocycles. The fourth-order valence-electron chi connectivity index (χ4n) is 4.99. The second-order valence-electron chi connectivity index (χ2n) is 9.45. The maximum Gasteiger partial charge on any atom is 0.272 e. The van der Waals surface area contributed by atoms with Gasteiger partial charge in [-0.3, -0.25) is 9.69 Å². The molecule has 0 saturated carbocycles. The normalized spacial score (nSPS) is 14.1. The number of methoxy groups -OCH3 is 1. The molecule has 0 radical (unpaired) electrons. The van der Waals surface area contributed by atoms with Crippen molar-refractivity contribution < 1.29 is 9.53 Å².